The molecule has 0 aromatic heterocycles. The van der Waals surface area contributed by atoms with Crippen LogP contribution in [0.1, 0.15) is 28.8 Å². The Balaban J connectivity index is 1.71. The number of sulfonamides is 1. The molecule has 8 nitrogen and oxygen atoms in total. The number of nitrogens with one attached hydrogen (secondary N) is 2. The average molecular weight is 420 g/mol. The summed E-state index contributed by atoms with van der Waals surface area (Å²) >= 11 is 0. The van der Waals surface area contributed by atoms with Gasteiger partial charge in [0, 0.05) is 18.3 Å². The number of methoxy groups -OCH3 is 2. The Morgan fingerprint density at radius 2 is 1.83 bits per heavy atom. The highest BCUT2D eigenvalue weighted by Crippen LogP contribution is 2.28. The van der Waals surface area contributed by atoms with Crippen molar-refractivity contribution in [1.29, 1.82) is 0 Å². The van der Waals surface area contributed by atoms with Gasteiger partial charge in [-0.15, -0.1) is 0 Å². The number of carbonyl (C=O) groups is 1. The summed E-state index contributed by atoms with van der Waals surface area (Å²) in [7, 11) is -0.586. The van der Waals surface area contributed by atoms with Gasteiger partial charge in [-0.2, -0.15) is 0 Å². The molecule has 1 saturated carbocycles. The average Bonchev–Trinajstić information content (AvgIpc) is 3.51. The van der Waals surface area contributed by atoms with Crippen LogP contribution in [-0.2, 0) is 16.4 Å². The Morgan fingerprint density at radius 1 is 1.10 bits per heavy atom. The van der Waals surface area contributed by atoms with Crippen LogP contribution >= 0.6 is 0 Å². The Bertz CT molecular complexity index is 1000. The molecule has 156 valence electrons. The van der Waals surface area contributed by atoms with Crippen molar-refractivity contribution < 1.29 is 27.8 Å². The van der Waals surface area contributed by atoms with Crippen LogP contribution in [0.2, 0.25) is 0 Å². The molecule has 0 aliphatic heterocycles. The summed E-state index contributed by atoms with van der Waals surface area (Å²) < 4.78 is 37.7. The first-order chi connectivity index (χ1) is 13.8. The summed E-state index contributed by atoms with van der Waals surface area (Å²) in [5.41, 5.74) is 1.26. The standard InChI is InChI=1S/C20H24N2O6S/c1-27-18-8-3-13(11-19(18)28-2)9-10-21-17-7-6-15(12-16(17)20(23)24)29(25,26)22-14-4-5-14/h3,6-8,11-12,14,21-22H,4-5,9-10H2,1-2H3,(H,23,24). The van der Waals surface area contributed by atoms with Gasteiger partial charge in [0.25, 0.3) is 0 Å². The van der Waals surface area contributed by atoms with Gasteiger partial charge < -0.3 is 19.9 Å². The summed E-state index contributed by atoms with van der Waals surface area (Å²) in [6.45, 7) is 0.460. The van der Waals surface area contributed by atoms with Gasteiger partial charge in [-0.05, 0) is 55.2 Å². The summed E-state index contributed by atoms with van der Waals surface area (Å²) in [4.78, 5) is 11.6. The highest BCUT2D eigenvalue weighted by atomic mass is 32.2. The number of ether oxygens (including phenoxy) is 2. The molecule has 9 heteroatoms. The van der Waals surface area contributed by atoms with Gasteiger partial charge in [-0.1, -0.05) is 6.07 Å². The molecular weight excluding hydrogens is 396 g/mol. The topological polar surface area (TPSA) is 114 Å². The van der Waals surface area contributed by atoms with Crippen LogP contribution in [0.15, 0.2) is 41.3 Å². The van der Waals surface area contributed by atoms with Crippen LogP contribution in [0, 0.1) is 0 Å². The van der Waals surface area contributed by atoms with Crippen LogP contribution in [-0.4, -0.2) is 46.3 Å². The largest absolute Gasteiger partial charge is 0.493 e. The fraction of sp³-hybridized carbons (Fsp3) is 0.350. The van der Waals surface area contributed by atoms with Crippen molar-refractivity contribution in [3.05, 3.63) is 47.5 Å². The molecule has 0 atom stereocenters. The maximum atomic E-state index is 12.3. The molecular formula is C20H24N2O6S. The normalized spacial score (nSPS) is 13.7. The van der Waals surface area contributed by atoms with Crippen LogP contribution in [0.5, 0.6) is 11.5 Å². The Morgan fingerprint density at radius 3 is 2.45 bits per heavy atom. The first-order valence-electron chi connectivity index (χ1n) is 9.18. The van der Waals surface area contributed by atoms with Crippen LogP contribution < -0.4 is 19.5 Å². The Hall–Kier alpha value is -2.78. The van der Waals surface area contributed by atoms with E-state index in [1.54, 1.807) is 14.2 Å². The number of aromatic carboxylic acids is 1. The third kappa shape index (κ3) is 5.18. The summed E-state index contributed by atoms with van der Waals surface area (Å²) in [5, 5.41) is 12.6. The Kier molecular flexibility index (Phi) is 6.29. The van der Waals surface area contributed by atoms with Crippen molar-refractivity contribution in [3.8, 4) is 11.5 Å². The molecule has 1 aliphatic carbocycles. The fourth-order valence-electron chi connectivity index (χ4n) is 2.89. The van der Waals surface area contributed by atoms with Crippen LogP contribution in [0.25, 0.3) is 0 Å². The zero-order chi connectivity index (χ0) is 21.0. The molecule has 0 amide bonds. The Labute approximate surface area is 169 Å². The monoisotopic (exact) mass is 420 g/mol. The van der Waals surface area contributed by atoms with E-state index in [1.807, 2.05) is 18.2 Å². The molecule has 0 unspecified atom stereocenters. The second-order valence-electron chi connectivity index (χ2n) is 6.77. The maximum Gasteiger partial charge on any atom is 0.337 e. The van der Waals surface area contributed by atoms with Gasteiger partial charge in [0.2, 0.25) is 10.0 Å². The molecule has 0 spiro atoms. The van der Waals surface area contributed by atoms with E-state index < -0.39 is 16.0 Å². The van der Waals surface area contributed by atoms with Crippen LogP contribution in [0.4, 0.5) is 5.69 Å². The predicted molar refractivity (Wildman–Crippen MR) is 108 cm³/mol. The molecule has 0 saturated heterocycles. The zero-order valence-corrected chi connectivity index (χ0v) is 17.1. The second kappa shape index (κ2) is 8.71. The number of anilines is 1. The van der Waals surface area contributed by atoms with Crippen molar-refractivity contribution in [2.24, 2.45) is 0 Å². The fourth-order valence-corrected chi connectivity index (χ4v) is 4.22. The molecule has 0 bridgehead atoms. The minimum absolute atomic E-state index is 0.0485. The molecule has 0 heterocycles. The van der Waals surface area contributed by atoms with Crippen molar-refractivity contribution in [2.75, 3.05) is 26.1 Å². The van der Waals surface area contributed by atoms with E-state index in [0.717, 1.165) is 18.4 Å². The van der Waals surface area contributed by atoms with E-state index in [4.69, 9.17) is 9.47 Å². The van der Waals surface area contributed by atoms with Crippen molar-refractivity contribution in [2.45, 2.75) is 30.2 Å². The predicted octanol–water partition coefficient (Wildman–Crippen LogP) is 2.50. The molecule has 1 aliphatic rings. The molecule has 2 aromatic carbocycles. The summed E-state index contributed by atoms with van der Waals surface area (Å²) in [5.74, 6) is 0.0602. The molecule has 3 rings (SSSR count). The zero-order valence-electron chi connectivity index (χ0n) is 16.3. The van der Waals surface area contributed by atoms with E-state index in [9.17, 15) is 18.3 Å². The summed E-state index contributed by atoms with van der Waals surface area (Å²) in [6, 6.07) is 9.61. The van der Waals surface area contributed by atoms with E-state index >= 15 is 0 Å². The summed E-state index contributed by atoms with van der Waals surface area (Å²) in [6.07, 6.45) is 2.23. The lowest BCUT2D eigenvalue weighted by atomic mass is 10.1. The minimum Gasteiger partial charge on any atom is -0.493 e. The molecule has 3 N–H and O–H groups in total. The van der Waals surface area contributed by atoms with Gasteiger partial charge in [0.1, 0.15) is 0 Å². The first kappa shape index (κ1) is 20.9. The number of hydrogen-bond donors (Lipinski definition) is 3. The van der Waals surface area contributed by atoms with Gasteiger partial charge in [0.05, 0.1) is 24.7 Å². The quantitative estimate of drug-likeness (QED) is 0.541. The van der Waals surface area contributed by atoms with Gasteiger partial charge >= 0.3 is 5.97 Å². The maximum absolute atomic E-state index is 12.3. The number of rotatable bonds is 10. The lowest BCUT2D eigenvalue weighted by molar-refractivity contribution is 0.0697. The molecule has 1 fully saturated rings. The second-order valence-corrected chi connectivity index (χ2v) is 8.49. The SMILES string of the molecule is COc1ccc(CCNc2ccc(S(=O)(=O)NC3CC3)cc2C(=O)O)cc1OC. The number of benzene rings is 2. The smallest absolute Gasteiger partial charge is 0.337 e. The first-order valence-corrected chi connectivity index (χ1v) is 10.7. The minimum atomic E-state index is -3.71. The molecule has 29 heavy (non-hydrogen) atoms. The van der Waals surface area contributed by atoms with E-state index in [2.05, 4.69) is 10.0 Å². The van der Waals surface area contributed by atoms with Gasteiger partial charge in [0.15, 0.2) is 11.5 Å². The number of carboxylic acids is 1. The number of hydrogen-bond acceptors (Lipinski definition) is 6. The number of carboxylic acid groups (broad SMARTS) is 1. The van der Waals surface area contributed by atoms with E-state index in [1.165, 1.54) is 18.2 Å². The van der Waals surface area contributed by atoms with E-state index in [-0.39, 0.29) is 16.5 Å². The van der Waals surface area contributed by atoms with Gasteiger partial charge in [-0.25, -0.2) is 17.9 Å². The van der Waals surface area contributed by atoms with Crippen LogP contribution in [0.3, 0.4) is 0 Å². The van der Waals surface area contributed by atoms with E-state index in [0.29, 0.717) is 30.2 Å². The van der Waals surface area contributed by atoms with Crippen molar-refractivity contribution >= 4 is 21.7 Å². The third-order valence-electron chi connectivity index (χ3n) is 4.61. The molecule has 2 aromatic rings. The van der Waals surface area contributed by atoms with Crippen molar-refractivity contribution in [1.82, 2.24) is 4.72 Å². The lowest BCUT2D eigenvalue weighted by Crippen LogP contribution is -2.26. The van der Waals surface area contributed by atoms with Crippen molar-refractivity contribution in [3.63, 3.8) is 0 Å². The lowest BCUT2D eigenvalue weighted by Gasteiger charge is -2.13. The van der Waals surface area contributed by atoms with Gasteiger partial charge in [-0.3, -0.25) is 0 Å². The molecule has 0 radical (unpaired) electrons. The highest BCUT2D eigenvalue weighted by Gasteiger charge is 2.28. The highest BCUT2D eigenvalue weighted by molar-refractivity contribution is 7.89. The third-order valence-corrected chi connectivity index (χ3v) is 6.13.